The van der Waals surface area contributed by atoms with Crippen LogP contribution >= 0.6 is 34.5 Å². The van der Waals surface area contributed by atoms with Gasteiger partial charge in [0.15, 0.2) is 0 Å². The third-order valence-corrected chi connectivity index (χ3v) is 6.30. The molecule has 3 aromatic rings. The number of methoxy groups -OCH3 is 1. The summed E-state index contributed by atoms with van der Waals surface area (Å²) in [5, 5.41) is 13.1. The topological polar surface area (TPSA) is 127 Å². The smallest absolute Gasteiger partial charge is 0.258 e. The fourth-order valence-electron chi connectivity index (χ4n) is 3.18. The molecule has 1 unspecified atom stereocenters. The molecule has 2 heterocycles. The SMILES string of the molecule is COCCC(C(=O)Nc1ccc(C(N)=O)s1)n1cc(Cl)c(-c2cc(Cl)ccc2C#N)cc1=O. The minimum atomic E-state index is -0.946. The maximum absolute atomic E-state index is 13.0. The summed E-state index contributed by atoms with van der Waals surface area (Å²) in [6.07, 6.45) is 1.54. The van der Waals surface area contributed by atoms with Crippen molar-refractivity contribution in [2.75, 3.05) is 19.0 Å². The summed E-state index contributed by atoms with van der Waals surface area (Å²) in [5.74, 6) is -1.09. The number of nitrogens with zero attached hydrogens (tertiary/aromatic N) is 2. The molecule has 0 fully saturated rings. The minimum absolute atomic E-state index is 0.163. The van der Waals surface area contributed by atoms with Crippen LogP contribution in [0.5, 0.6) is 0 Å². The maximum Gasteiger partial charge on any atom is 0.258 e. The Morgan fingerprint density at radius 2 is 2.00 bits per heavy atom. The summed E-state index contributed by atoms with van der Waals surface area (Å²) >= 11 is 13.6. The number of thiophene rings is 1. The van der Waals surface area contributed by atoms with Crippen molar-refractivity contribution in [2.45, 2.75) is 12.5 Å². The average molecular weight is 505 g/mol. The number of ether oxygens (including phenoxy) is 1. The Kier molecular flexibility index (Phi) is 7.89. The molecule has 3 rings (SSSR count). The predicted molar refractivity (Wildman–Crippen MR) is 128 cm³/mol. The minimum Gasteiger partial charge on any atom is -0.385 e. The highest BCUT2D eigenvalue weighted by molar-refractivity contribution is 7.18. The fourth-order valence-corrected chi connectivity index (χ4v) is 4.37. The lowest BCUT2D eigenvalue weighted by molar-refractivity contribution is -0.119. The van der Waals surface area contributed by atoms with Crippen molar-refractivity contribution in [1.29, 1.82) is 5.26 Å². The summed E-state index contributed by atoms with van der Waals surface area (Å²) in [6.45, 7) is 0.202. The summed E-state index contributed by atoms with van der Waals surface area (Å²) in [6, 6.07) is 10.1. The molecule has 0 saturated carbocycles. The second kappa shape index (κ2) is 10.6. The molecule has 8 nitrogen and oxygen atoms in total. The van der Waals surface area contributed by atoms with Gasteiger partial charge in [0.05, 0.1) is 26.5 Å². The van der Waals surface area contributed by atoms with Gasteiger partial charge >= 0.3 is 0 Å². The predicted octanol–water partition coefficient (Wildman–Crippen LogP) is 4.07. The highest BCUT2D eigenvalue weighted by Gasteiger charge is 2.24. The Bertz CT molecular complexity index is 1310. The van der Waals surface area contributed by atoms with E-state index in [1.54, 1.807) is 18.2 Å². The van der Waals surface area contributed by atoms with E-state index >= 15 is 0 Å². The number of nitrogens with two attached hydrogens (primary N) is 1. The van der Waals surface area contributed by atoms with Gasteiger partial charge in [-0.25, -0.2) is 0 Å². The highest BCUT2D eigenvalue weighted by atomic mass is 35.5. The second-order valence-corrected chi connectivity index (χ2v) is 8.82. The first-order chi connectivity index (χ1) is 15.7. The van der Waals surface area contributed by atoms with Crippen molar-refractivity contribution in [2.24, 2.45) is 5.73 Å². The van der Waals surface area contributed by atoms with Crippen LogP contribution in [0.25, 0.3) is 11.1 Å². The summed E-state index contributed by atoms with van der Waals surface area (Å²) in [5.41, 5.74) is 5.79. The number of rotatable bonds is 8. The number of amides is 2. The van der Waals surface area contributed by atoms with Crippen LogP contribution in [0.2, 0.25) is 10.0 Å². The van der Waals surface area contributed by atoms with Crippen LogP contribution in [0.3, 0.4) is 0 Å². The Morgan fingerprint density at radius 1 is 1.24 bits per heavy atom. The van der Waals surface area contributed by atoms with E-state index < -0.39 is 23.4 Å². The normalized spacial score (nSPS) is 11.6. The molecular formula is C22H18Cl2N4O4S. The molecule has 2 amide bonds. The van der Waals surface area contributed by atoms with Gasteiger partial charge in [-0.15, -0.1) is 11.3 Å². The van der Waals surface area contributed by atoms with Crippen LogP contribution in [0, 0.1) is 11.3 Å². The lowest BCUT2D eigenvalue weighted by Gasteiger charge is -2.20. The first kappa shape index (κ1) is 24.5. The molecule has 2 aromatic heterocycles. The van der Waals surface area contributed by atoms with Crippen LogP contribution in [-0.4, -0.2) is 30.1 Å². The van der Waals surface area contributed by atoms with E-state index in [1.807, 2.05) is 0 Å². The lowest BCUT2D eigenvalue weighted by Crippen LogP contribution is -2.33. The number of carbonyl (C=O) groups excluding carboxylic acids is 2. The largest absolute Gasteiger partial charge is 0.385 e. The number of aromatic nitrogens is 1. The molecule has 0 aliphatic heterocycles. The van der Waals surface area contributed by atoms with Crippen LogP contribution < -0.4 is 16.6 Å². The molecule has 0 bridgehead atoms. The second-order valence-electron chi connectivity index (χ2n) is 6.90. The van der Waals surface area contributed by atoms with E-state index in [4.69, 9.17) is 33.7 Å². The zero-order valence-corrected chi connectivity index (χ0v) is 19.6. The van der Waals surface area contributed by atoms with Crippen molar-refractivity contribution >= 4 is 51.4 Å². The van der Waals surface area contributed by atoms with E-state index in [0.29, 0.717) is 26.7 Å². The van der Waals surface area contributed by atoms with Gasteiger partial charge in [0.2, 0.25) is 5.91 Å². The Balaban J connectivity index is 1.99. The van der Waals surface area contributed by atoms with Gasteiger partial charge < -0.3 is 20.4 Å². The molecule has 0 saturated heterocycles. The Hall–Kier alpha value is -3.16. The monoisotopic (exact) mass is 504 g/mol. The summed E-state index contributed by atoms with van der Waals surface area (Å²) in [4.78, 5) is 37.6. The molecular weight excluding hydrogens is 487 g/mol. The molecule has 0 radical (unpaired) electrons. The number of anilines is 1. The third-order valence-electron chi connectivity index (χ3n) is 4.75. The van der Waals surface area contributed by atoms with Crippen LogP contribution in [0.4, 0.5) is 5.00 Å². The molecule has 170 valence electrons. The fraction of sp³-hybridized carbons (Fsp3) is 0.182. The number of halogens is 2. The average Bonchev–Trinajstić information content (AvgIpc) is 3.24. The Morgan fingerprint density at radius 3 is 2.64 bits per heavy atom. The van der Waals surface area contributed by atoms with Crippen molar-refractivity contribution in [3.05, 3.63) is 73.4 Å². The number of carbonyl (C=O) groups is 2. The number of benzene rings is 1. The van der Waals surface area contributed by atoms with E-state index in [0.717, 1.165) is 11.3 Å². The zero-order chi connectivity index (χ0) is 24.1. The van der Waals surface area contributed by atoms with Crippen LogP contribution in [-0.2, 0) is 9.53 Å². The number of hydrogen-bond donors (Lipinski definition) is 2. The van der Waals surface area contributed by atoms with Crippen molar-refractivity contribution < 1.29 is 14.3 Å². The van der Waals surface area contributed by atoms with Gasteiger partial charge in [0.1, 0.15) is 6.04 Å². The number of primary amides is 1. The molecule has 11 heteroatoms. The first-order valence-corrected chi connectivity index (χ1v) is 11.1. The van der Waals surface area contributed by atoms with Gasteiger partial charge in [-0.05, 0) is 30.3 Å². The quantitative estimate of drug-likeness (QED) is 0.477. The molecule has 0 spiro atoms. The van der Waals surface area contributed by atoms with Gasteiger partial charge in [-0.1, -0.05) is 23.2 Å². The van der Waals surface area contributed by atoms with Crippen molar-refractivity contribution in [1.82, 2.24) is 4.57 Å². The van der Waals surface area contributed by atoms with Crippen molar-refractivity contribution in [3.8, 4) is 17.2 Å². The molecule has 1 atom stereocenters. The number of pyridine rings is 1. The first-order valence-electron chi connectivity index (χ1n) is 9.56. The summed E-state index contributed by atoms with van der Waals surface area (Å²) in [7, 11) is 1.48. The van der Waals surface area contributed by atoms with Gasteiger partial charge in [0, 0.05) is 48.6 Å². The van der Waals surface area contributed by atoms with E-state index in [1.165, 1.54) is 36.1 Å². The summed E-state index contributed by atoms with van der Waals surface area (Å²) < 4.78 is 6.31. The van der Waals surface area contributed by atoms with Gasteiger partial charge in [0.25, 0.3) is 11.5 Å². The van der Waals surface area contributed by atoms with E-state index in [2.05, 4.69) is 11.4 Å². The standard InChI is InChI=1S/C22H18Cl2N4O4S/c1-32-7-6-17(22(31)27-19-5-4-18(33-19)21(26)30)28-11-16(24)15(9-20(28)29)14-8-13(23)3-2-12(14)10-25/h2-5,8-9,11,17H,6-7H2,1H3,(H2,26,30)(H,27,31). The number of hydrogen-bond acceptors (Lipinski definition) is 6. The van der Waals surface area contributed by atoms with E-state index in [9.17, 15) is 19.6 Å². The molecule has 0 aliphatic rings. The molecule has 0 aliphatic carbocycles. The number of nitrogens with one attached hydrogen (secondary N) is 1. The van der Waals surface area contributed by atoms with Crippen LogP contribution in [0.1, 0.15) is 27.7 Å². The van der Waals surface area contributed by atoms with Gasteiger partial charge in [-0.3, -0.25) is 14.4 Å². The molecule has 33 heavy (non-hydrogen) atoms. The number of nitriles is 1. The third kappa shape index (κ3) is 5.61. The van der Waals surface area contributed by atoms with Crippen LogP contribution in [0.15, 0.2) is 47.4 Å². The Labute approximate surface area is 203 Å². The van der Waals surface area contributed by atoms with E-state index in [-0.39, 0.29) is 22.9 Å². The lowest BCUT2D eigenvalue weighted by atomic mass is 10.0. The van der Waals surface area contributed by atoms with Crippen molar-refractivity contribution in [3.63, 3.8) is 0 Å². The molecule has 1 aromatic carbocycles. The molecule has 3 N–H and O–H groups in total. The zero-order valence-electron chi connectivity index (χ0n) is 17.3. The van der Waals surface area contributed by atoms with Gasteiger partial charge in [-0.2, -0.15) is 5.26 Å². The maximum atomic E-state index is 13.0. The highest BCUT2D eigenvalue weighted by Crippen LogP contribution is 2.32.